The maximum atomic E-state index is 9.63. The summed E-state index contributed by atoms with van der Waals surface area (Å²) in [4.78, 5) is 9.19. The van der Waals surface area contributed by atoms with Crippen molar-refractivity contribution in [3.63, 3.8) is 0 Å². The number of benzene rings is 1. The Balaban J connectivity index is 2.38. The number of anilines is 1. The SMILES string of the molecule is CCCNc1cc(CC(C)C)nc(-c2cccc(O)c2)n1. The lowest BCUT2D eigenvalue weighted by Crippen LogP contribution is -2.07. The minimum atomic E-state index is 0.230. The zero-order valence-electron chi connectivity index (χ0n) is 12.9. The Bertz CT molecular complexity index is 596. The second-order valence-electron chi connectivity index (χ2n) is 5.64. The summed E-state index contributed by atoms with van der Waals surface area (Å²) in [5.41, 5.74) is 1.86. The fourth-order valence-corrected chi connectivity index (χ4v) is 2.14. The fraction of sp³-hybridized carbons (Fsp3) is 0.412. The normalized spacial score (nSPS) is 10.9. The van der Waals surface area contributed by atoms with Gasteiger partial charge in [0, 0.05) is 23.9 Å². The Kier molecular flexibility index (Phi) is 5.14. The maximum Gasteiger partial charge on any atom is 0.161 e. The lowest BCUT2D eigenvalue weighted by molar-refractivity contribution is 0.475. The topological polar surface area (TPSA) is 58.0 Å². The van der Waals surface area contributed by atoms with Gasteiger partial charge in [-0.15, -0.1) is 0 Å². The number of aromatic nitrogens is 2. The van der Waals surface area contributed by atoms with Crippen LogP contribution < -0.4 is 5.32 Å². The van der Waals surface area contributed by atoms with Crippen LogP contribution in [0.1, 0.15) is 32.9 Å². The van der Waals surface area contributed by atoms with Crippen LogP contribution >= 0.6 is 0 Å². The van der Waals surface area contributed by atoms with Gasteiger partial charge in [0.2, 0.25) is 0 Å². The number of rotatable bonds is 6. The number of nitrogens with zero attached hydrogens (tertiary/aromatic N) is 2. The molecule has 0 spiro atoms. The van der Waals surface area contributed by atoms with Gasteiger partial charge in [0.15, 0.2) is 5.82 Å². The highest BCUT2D eigenvalue weighted by molar-refractivity contribution is 5.59. The van der Waals surface area contributed by atoms with Gasteiger partial charge in [-0.05, 0) is 30.9 Å². The van der Waals surface area contributed by atoms with Gasteiger partial charge < -0.3 is 10.4 Å². The van der Waals surface area contributed by atoms with E-state index in [1.807, 2.05) is 18.2 Å². The Labute approximate surface area is 126 Å². The van der Waals surface area contributed by atoms with Crippen molar-refractivity contribution in [2.24, 2.45) is 5.92 Å². The minimum absolute atomic E-state index is 0.230. The third kappa shape index (κ3) is 4.45. The molecule has 0 aliphatic carbocycles. The van der Waals surface area contributed by atoms with E-state index < -0.39 is 0 Å². The van der Waals surface area contributed by atoms with Crippen molar-refractivity contribution in [1.29, 1.82) is 0 Å². The first kappa shape index (κ1) is 15.3. The maximum absolute atomic E-state index is 9.63. The summed E-state index contributed by atoms with van der Waals surface area (Å²) in [6, 6.07) is 9.08. The van der Waals surface area contributed by atoms with Gasteiger partial charge in [-0.25, -0.2) is 9.97 Å². The lowest BCUT2D eigenvalue weighted by Gasteiger charge is -2.11. The van der Waals surface area contributed by atoms with Crippen LogP contribution in [0.2, 0.25) is 0 Å². The molecule has 0 unspecified atom stereocenters. The van der Waals surface area contributed by atoms with Crippen LogP contribution in [-0.4, -0.2) is 21.6 Å². The molecule has 4 heteroatoms. The molecule has 0 atom stereocenters. The molecule has 21 heavy (non-hydrogen) atoms. The molecule has 2 aromatic rings. The predicted molar refractivity (Wildman–Crippen MR) is 86.5 cm³/mol. The first-order valence-electron chi connectivity index (χ1n) is 7.49. The molecule has 0 saturated heterocycles. The van der Waals surface area contributed by atoms with Crippen LogP contribution in [0, 0.1) is 5.92 Å². The molecule has 112 valence electrons. The molecule has 0 fully saturated rings. The minimum Gasteiger partial charge on any atom is -0.508 e. The summed E-state index contributed by atoms with van der Waals surface area (Å²) >= 11 is 0. The molecule has 0 aliphatic rings. The van der Waals surface area contributed by atoms with Gasteiger partial charge in [-0.2, -0.15) is 0 Å². The van der Waals surface area contributed by atoms with Crippen LogP contribution in [0.3, 0.4) is 0 Å². The highest BCUT2D eigenvalue weighted by Crippen LogP contribution is 2.22. The third-order valence-corrected chi connectivity index (χ3v) is 3.06. The first-order valence-corrected chi connectivity index (χ1v) is 7.49. The zero-order chi connectivity index (χ0) is 15.2. The summed E-state index contributed by atoms with van der Waals surface area (Å²) in [5, 5.41) is 12.9. The third-order valence-electron chi connectivity index (χ3n) is 3.06. The van der Waals surface area contributed by atoms with Crippen molar-refractivity contribution in [1.82, 2.24) is 9.97 Å². The molecule has 2 N–H and O–H groups in total. The smallest absolute Gasteiger partial charge is 0.161 e. The Morgan fingerprint density at radius 2 is 2.00 bits per heavy atom. The second-order valence-corrected chi connectivity index (χ2v) is 5.64. The number of aromatic hydroxyl groups is 1. The van der Waals surface area contributed by atoms with Crippen molar-refractivity contribution in [3.05, 3.63) is 36.0 Å². The standard InChI is InChI=1S/C17H23N3O/c1-4-8-18-16-11-14(9-12(2)3)19-17(20-16)13-6-5-7-15(21)10-13/h5-7,10-12,21H,4,8-9H2,1-3H3,(H,18,19,20). The van der Waals surface area contributed by atoms with Crippen molar-refractivity contribution >= 4 is 5.82 Å². The molecule has 0 aliphatic heterocycles. The molecular weight excluding hydrogens is 262 g/mol. The Morgan fingerprint density at radius 3 is 2.67 bits per heavy atom. The average molecular weight is 285 g/mol. The van der Waals surface area contributed by atoms with Gasteiger partial charge in [0.05, 0.1) is 0 Å². The first-order chi connectivity index (χ1) is 10.1. The van der Waals surface area contributed by atoms with Crippen LogP contribution in [0.15, 0.2) is 30.3 Å². The van der Waals surface area contributed by atoms with E-state index in [1.54, 1.807) is 12.1 Å². The van der Waals surface area contributed by atoms with E-state index in [1.165, 1.54) is 0 Å². The van der Waals surface area contributed by atoms with Crippen LogP contribution in [0.4, 0.5) is 5.82 Å². The van der Waals surface area contributed by atoms with Crippen molar-refractivity contribution in [2.45, 2.75) is 33.6 Å². The molecule has 0 saturated carbocycles. The van der Waals surface area contributed by atoms with Gasteiger partial charge >= 0.3 is 0 Å². The molecule has 1 aromatic carbocycles. The summed E-state index contributed by atoms with van der Waals surface area (Å²) in [5.74, 6) is 2.27. The van der Waals surface area contributed by atoms with E-state index in [0.717, 1.165) is 36.5 Å². The van der Waals surface area contributed by atoms with E-state index in [4.69, 9.17) is 0 Å². The summed E-state index contributed by atoms with van der Waals surface area (Å²) in [7, 11) is 0. The number of hydrogen-bond donors (Lipinski definition) is 2. The average Bonchev–Trinajstić information content (AvgIpc) is 2.44. The molecule has 0 bridgehead atoms. The zero-order valence-corrected chi connectivity index (χ0v) is 12.9. The molecule has 1 aromatic heterocycles. The number of hydrogen-bond acceptors (Lipinski definition) is 4. The van der Waals surface area contributed by atoms with E-state index in [0.29, 0.717) is 11.7 Å². The lowest BCUT2D eigenvalue weighted by atomic mass is 10.1. The second kappa shape index (κ2) is 7.07. The Morgan fingerprint density at radius 1 is 1.19 bits per heavy atom. The quantitative estimate of drug-likeness (QED) is 0.846. The molecular formula is C17H23N3O. The molecule has 2 rings (SSSR count). The predicted octanol–water partition coefficient (Wildman–Crippen LogP) is 3.87. The van der Waals surface area contributed by atoms with E-state index in [-0.39, 0.29) is 5.75 Å². The molecule has 4 nitrogen and oxygen atoms in total. The van der Waals surface area contributed by atoms with E-state index >= 15 is 0 Å². The number of phenols is 1. The fourth-order valence-electron chi connectivity index (χ4n) is 2.14. The van der Waals surface area contributed by atoms with Gasteiger partial charge in [0.1, 0.15) is 11.6 Å². The number of nitrogens with one attached hydrogen (secondary N) is 1. The highest BCUT2D eigenvalue weighted by Gasteiger charge is 2.09. The van der Waals surface area contributed by atoms with Crippen molar-refractivity contribution in [2.75, 3.05) is 11.9 Å². The summed E-state index contributed by atoms with van der Waals surface area (Å²) in [6.07, 6.45) is 1.96. The number of phenolic OH excluding ortho intramolecular Hbond substituents is 1. The molecule has 1 heterocycles. The molecule has 0 amide bonds. The van der Waals surface area contributed by atoms with Crippen LogP contribution in [0.25, 0.3) is 11.4 Å². The van der Waals surface area contributed by atoms with Crippen LogP contribution in [-0.2, 0) is 6.42 Å². The highest BCUT2D eigenvalue weighted by atomic mass is 16.3. The van der Waals surface area contributed by atoms with E-state index in [9.17, 15) is 5.11 Å². The molecule has 0 radical (unpaired) electrons. The van der Waals surface area contributed by atoms with E-state index in [2.05, 4.69) is 36.1 Å². The van der Waals surface area contributed by atoms with Gasteiger partial charge in [-0.1, -0.05) is 32.9 Å². The van der Waals surface area contributed by atoms with Gasteiger partial charge in [0.25, 0.3) is 0 Å². The Hall–Kier alpha value is -2.10. The summed E-state index contributed by atoms with van der Waals surface area (Å²) < 4.78 is 0. The van der Waals surface area contributed by atoms with Gasteiger partial charge in [-0.3, -0.25) is 0 Å². The summed E-state index contributed by atoms with van der Waals surface area (Å²) in [6.45, 7) is 7.36. The largest absolute Gasteiger partial charge is 0.508 e. The monoisotopic (exact) mass is 285 g/mol. The van der Waals surface area contributed by atoms with Crippen LogP contribution in [0.5, 0.6) is 5.75 Å². The van der Waals surface area contributed by atoms with Crippen molar-refractivity contribution in [3.8, 4) is 17.1 Å². The van der Waals surface area contributed by atoms with Crippen molar-refractivity contribution < 1.29 is 5.11 Å².